The highest BCUT2D eigenvalue weighted by molar-refractivity contribution is 6.30. The van der Waals surface area contributed by atoms with Gasteiger partial charge in [0.1, 0.15) is 11.6 Å². The Balaban J connectivity index is 1.62. The van der Waals surface area contributed by atoms with Crippen LogP contribution in [0.2, 0.25) is 5.02 Å². The highest BCUT2D eigenvalue weighted by Gasteiger charge is 2.29. The van der Waals surface area contributed by atoms with Gasteiger partial charge in [-0.05, 0) is 91.7 Å². The van der Waals surface area contributed by atoms with Crippen LogP contribution in [0.5, 0.6) is 5.75 Å². The van der Waals surface area contributed by atoms with Gasteiger partial charge < -0.3 is 9.84 Å². The van der Waals surface area contributed by atoms with E-state index in [4.69, 9.17) is 21.4 Å². The third kappa shape index (κ3) is 5.17. The van der Waals surface area contributed by atoms with Gasteiger partial charge in [0.25, 0.3) is 0 Å². The Bertz CT molecular complexity index is 1550. The van der Waals surface area contributed by atoms with Crippen LogP contribution in [0.15, 0.2) is 103 Å². The molecule has 1 heterocycles. The van der Waals surface area contributed by atoms with Gasteiger partial charge in [0.05, 0.1) is 17.1 Å². The van der Waals surface area contributed by atoms with Crippen LogP contribution in [0.25, 0.3) is 39.3 Å². The molecule has 0 radical (unpaired) electrons. The number of benzene rings is 4. The summed E-state index contributed by atoms with van der Waals surface area (Å²) in [7, 11) is 0. The third-order valence-electron chi connectivity index (χ3n) is 6.16. The minimum absolute atomic E-state index is 0.315. The van der Waals surface area contributed by atoms with E-state index >= 15 is 0 Å². The van der Waals surface area contributed by atoms with Gasteiger partial charge >= 0.3 is 5.97 Å². The van der Waals surface area contributed by atoms with E-state index < -0.39 is 11.6 Å². The summed E-state index contributed by atoms with van der Waals surface area (Å²) in [6, 6.07) is 30.8. The predicted molar refractivity (Wildman–Crippen MR) is 147 cm³/mol. The first-order chi connectivity index (χ1) is 18.2. The highest BCUT2D eigenvalue weighted by atomic mass is 35.5. The number of hydrogen-bond donors (Lipinski definition) is 1. The molecule has 5 rings (SSSR count). The molecule has 5 aromatic rings. The minimum atomic E-state index is -1.38. The first-order valence-corrected chi connectivity index (χ1v) is 12.3. The summed E-state index contributed by atoms with van der Waals surface area (Å²) in [5.74, 6) is -0.919. The number of carboxylic acid groups (broad SMARTS) is 1. The molecule has 4 aromatic carbocycles. The maximum atomic E-state index is 13.7. The first-order valence-electron chi connectivity index (χ1n) is 12.0. The molecule has 0 spiro atoms. The van der Waals surface area contributed by atoms with Gasteiger partial charge in [-0.1, -0.05) is 48.0 Å². The topological polar surface area (TPSA) is 64.4 Å². The lowest BCUT2D eigenvalue weighted by molar-refractivity contribution is -0.152. The SMILES string of the molecule is CC(C)(Oc1cccc(-c2ccccc2-c2cc(-c3ccc(F)cc3)n(-c3ccc(Cl)cc3)n2)c1)C(=O)O. The van der Waals surface area contributed by atoms with Gasteiger partial charge in [-0.15, -0.1) is 0 Å². The van der Waals surface area contributed by atoms with Crippen LogP contribution < -0.4 is 4.74 Å². The van der Waals surface area contributed by atoms with E-state index in [0.29, 0.717) is 16.5 Å². The standard InChI is InChI=1S/C31H24ClFN2O3/c1-31(2,30(36)37)38-25-7-5-6-21(18-25)26-8-3-4-9-27(26)28-19-29(20-10-14-23(33)15-11-20)35(34-28)24-16-12-22(32)13-17-24/h3-19H,1-2H3,(H,36,37). The molecule has 0 saturated heterocycles. The number of nitrogens with zero attached hydrogens (tertiary/aromatic N) is 2. The van der Waals surface area contributed by atoms with Gasteiger partial charge in [0, 0.05) is 16.1 Å². The van der Waals surface area contributed by atoms with Crippen LogP contribution in [0.4, 0.5) is 4.39 Å². The fraction of sp³-hybridized carbons (Fsp3) is 0.0968. The Kier molecular flexibility index (Phi) is 6.74. The van der Waals surface area contributed by atoms with Gasteiger partial charge in [-0.3, -0.25) is 0 Å². The smallest absolute Gasteiger partial charge is 0.347 e. The maximum absolute atomic E-state index is 13.7. The molecule has 1 N–H and O–H groups in total. The van der Waals surface area contributed by atoms with E-state index in [9.17, 15) is 14.3 Å². The number of ether oxygens (including phenoxy) is 1. The molecule has 0 bridgehead atoms. The number of carboxylic acids is 1. The monoisotopic (exact) mass is 526 g/mol. The normalized spacial score (nSPS) is 11.4. The molecule has 38 heavy (non-hydrogen) atoms. The molecule has 0 fully saturated rings. The Morgan fingerprint density at radius 2 is 1.55 bits per heavy atom. The molecule has 0 atom stereocenters. The number of aromatic nitrogens is 2. The molecule has 0 aliphatic heterocycles. The van der Waals surface area contributed by atoms with Crippen molar-refractivity contribution in [2.75, 3.05) is 0 Å². The molecule has 7 heteroatoms. The number of carbonyl (C=O) groups is 1. The first kappa shape index (κ1) is 25.2. The lowest BCUT2D eigenvalue weighted by atomic mass is 9.97. The molecule has 1 aromatic heterocycles. The molecule has 0 aliphatic carbocycles. The zero-order valence-corrected chi connectivity index (χ0v) is 21.5. The van der Waals surface area contributed by atoms with E-state index in [0.717, 1.165) is 33.6 Å². The van der Waals surface area contributed by atoms with Gasteiger partial charge in [-0.2, -0.15) is 5.10 Å². The molecule has 0 aliphatic rings. The summed E-state index contributed by atoms with van der Waals surface area (Å²) in [5, 5.41) is 15.0. The Labute approximate surface area is 224 Å². The van der Waals surface area contributed by atoms with Crippen molar-refractivity contribution in [3.63, 3.8) is 0 Å². The number of hydrogen-bond acceptors (Lipinski definition) is 3. The van der Waals surface area contributed by atoms with Crippen molar-refractivity contribution in [2.45, 2.75) is 19.4 Å². The van der Waals surface area contributed by atoms with E-state index in [1.807, 2.05) is 65.3 Å². The van der Waals surface area contributed by atoms with Gasteiger partial charge in [-0.25, -0.2) is 13.9 Å². The zero-order valence-electron chi connectivity index (χ0n) is 20.7. The number of aliphatic carboxylic acids is 1. The van der Waals surface area contributed by atoms with Gasteiger partial charge in [0.2, 0.25) is 0 Å². The van der Waals surface area contributed by atoms with E-state index in [-0.39, 0.29) is 5.82 Å². The average molecular weight is 527 g/mol. The van der Waals surface area contributed by atoms with Crippen molar-refractivity contribution in [1.82, 2.24) is 9.78 Å². The molecule has 0 unspecified atom stereocenters. The van der Waals surface area contributed by atoms with Crippen LogP contribution in [0, 0.1) is 5.82 Å². The third-order valence-corrected chi connectivity index (χ3v) is 6.41. The zero-order chi connectivity index (χ0) is 26.9. The molecular weight excluding hydrogens is 503 g/mol. The summed E-state index contributed by atoms with van der Waals surface area (Å²) >= 11 is 6.12. The van der Waals surface area contributed by atoms with Crippen LogP contribution in [-0.2, 0) is 4.79 Å². The van der Waals surface area contributed by atoms with Crippen LogP contribution in [0.3, 0.4) is 0 Å². The second-order valence-corrected chi connectivity index (χ2v) is 9.74. The second kappa shape index (κ2) is 10.1. The van der Waals surface area contributed by atoms with Gasteiger partial charge in [0.15, 0.2) is 5.60 Å². The van der Waals surface area contributed by atoms with E-state index in [1.165, 1.54) is 26.0 Å². The lowest BCUT2D eigenvalue weighted by Crippen LogP contribution is -2.37. The van der Waals surface area contributed by atoms with Crippen molar-refractivity contribution in [3.05, 3.63) is 114 Å². The quantitative estimate of drug-likeness (QED) is 0.234. The fourth-order valence-corrected chi connectivity index (χ4v) is 4.27. The Hall–Kier alpha value is -4.42. The van der Waals surface area contributed by atoms with Crippen molar-refractivity contribution >= 4 is 17.6 Å². The van der Waals surface area contributed by atoms with Crippen molar-refractivity contribution in [1.29, 1.82) is 0 Å². The molecule has 190 valence electrons. The number of rotatable bonds is 7. The molecule has 0 saturated carbocycles. The summed E-state index contributed by atoms with van der Waals surface area (Å²) in [6.07, 6.45) is 0. The van der Waals surface area contributed by atoms with Crippen LogP contribution in [0.1, 0.15) is 13.8 Å². The molecular formula is C31H24ClFN2O3. The van der Waals surface area contributed by atoms with Crippen molar-refractivity contribution in [3.8, 4) is 45.1 Å². The maximum Gasteiger partial charge on any atom is 0.347 e. The van der Waals surface area contributed by atoms with Crippen molar-refractivity contribution < 1.29 is 19.0 Å². The largest absolute Gasteiger partial charge is 0.478 e. The Morgan fingerprint density at radius 3 is 2.24 bits per heavy atom. The summed E-state index contributed by atoms with van der Waals surface area (Å²) < 4.78 is 21.3. The molecule has 5 nitrogen and oxygen atoms in total. The Morgan fingerprint density at radius 1 is 0.868 bits per heavy atom. The van der Waals surface area contributed by atoms with Crippen LogP contribution >= 0.6 is 11.6 Å². The summed E-state index contributed by atoms with van der Waals surface area (Å²) in [6.45, 7) is 3.02. The lowest BCUT2D eigenvalue weighted by Gasteiger charge is -2.22. The second-order valence-electron chi connectivity index (χ2n) is 9.30. The number of halogens is 2. The van der Waals surface area contributed by atoms with E-state index in [1.54, 1.807) is 30.3 Å². The minimum Gasteiger partial charge on any atom is -0.478 e. The van der Waals surface area contributed by atoms with Crippen LogP contribution in [-0.4, -0.2) is 26.5 Å². The van der Waals surface area contributed by atoms with E-state index in [2.05, 4.69) is 0 Å². The average Bonchev–Trinajstić information content (AvgIpc) is 3.35. The molecule has 0 amide bonds. The summed E-state index contributed by atoms with van der Waals surface area (Å²) in [5.41, 5.74) is 4.37. The summed E-state index contributed by atoms with van der Waals surface area (Å²) in [4.78, 5) is 11.6. The highest BCUT2D eigenvalue weighted by Crippen LogP contribution is 2.36. The predicted octanol–water partition coefficient (Wildman–Crippen LogP) is 7.91. The van der Waals surface area contributed by atoms with Crippen molar-refractivity contribution in [2.24, 2.45) is 0 Å². The fourth-order valence-electron chi connectivity index (χ4n) is 4.14.